The maximum absolute atomic E-state index is 13.1. The van der Waals surface area contributed by atoms with Gasteiger partial charge < -0.3 is 14.1 Å². The average molecular weight is 468 g/mol. The summed E-state index contributed by atoms with van der Waals surface area (Å²) < 4.78 is 47.3. The minimum absolute atomic E-state index is 0.0383. The van der Waals surface area contributed by atoms with Gasteiger partial charge in [-0.3, -0.25) is 9.78 Å². The van der Waals surface area contributed by atoms with Gasteiger partial charge in [-0.05, 0) is 29.8 Å². The largest absolute Gasteiger partial charge is 0.469 e. The predicted molar refractivity (Wildman–Crippen MR) is 112 cm³/mol. The van der Waals surface area contributed by atoms with Crippen LogP contribution in [-0.2, 0) is 37.3 Å². The molecule has 1 aromatic carbocycles. The third-order valence-electron chi connectivity index (χ3n) is 4.63. The van der Waals surface area contributed by atoms with E-state index in [1.165, 1.54) is 19.5 Å². The molecule has 0 bridgehead atoms. The minimum atomic E-state index is -4.00. The third kappa shape index (κ3) is 5.27. The Labute approximate surface area is 183 Å². The molecule has 0 spiro atoms. The van der Waals surface area contributed by atoms with E-state index in [-0.39, 0.29) is 24.3 Å². The number of rotatable bonds is 9. The number of pyridine rings is 1. The highest BCUT2D eigenvalue weighted by Crippen LogP contribution is 2.29. The minimum Gasteiger partial charge on any atom is -0.469 e. The number of esters is 1. The summed E-state index contributed by atoms with van der Waals surface area (Å²) in [7, 11) is -2.73. The monoisotopic (exact) mass is 467 g/mol. The van der Waals surface area contributed by atoms with Crippen LogP contribution < -0.4 is 4.72 Å². The number of benzene rings is 1. The van der Waals surface area contributed by atoms with Crippen molar-refractivity contribution in [2.24, 2.45) is 0 Å². The van der Waals surface area contributed by atoms with Crippen LogP contribution in [0.3, 0.4) is 0 Å². The van der Waals surface area contributed by atoms with E-state index in [9.17, 15) is 22.4 Å². The molecule has 8 nitrogen and oxygen atoms in total. The average Bonchev–Trinajstić information content (AvgIpc) is 3.06. The fourth-order valence-electron chi connectivity index (χ4n) is 3.21. The van der Waals surface area contributed by atoms with Crippen molar-refractivity contribution in [3.05, 3.63) is 59.3 Å². The van der Waals surface area contributed by atoms with Crippen LogP contribution in [0.2, 0.25) is 5.02 Å². The molecule has 3 rings (SSSR count). The Morgan fingerprint density at radius 2 is 2.03 bits per heavy atom. The zero-order valence-electron chi connectivity index (χ0n) is 16.4. The van der Waals surface area contributed by atoms with E-state index in [0.29, 0.717) is 27.8 Å². The lowest BCUT2D eigenvalue weighted by atomic mass is 10.1. The topological polar surface area (TPSA) is 107 Å². The molecule has 3 aromatic rings. The Morgan fingerprint density at radius 1 is 1.32 bits per heavy atom. The number of carbonyl (C=O) groups is 2. The molecule has 1 atom stereocenters. The van der Waals surface area contributed by atoms with E-state index < -0.39 is 27.9 Å². The molecule has 11 heteroatoms. The number of methoxy groups -OCH3 is 1. The van der Waals surface area contributed by atoms with E-state index in [4.69, 9.17) is 16.3 Å². The first-order valence-electron chi connectivity index (χ1n) is 9.14. The van der Waals surface area contributed by atoms with Gasteiger partial charge in [0.1, 0.15) is 12.1 Å². The van der Waals surface area contributed by atoms with E-state index >= 15 is 0 Å². The standard InChI is InChI=1S/C20H19ClFN3O5S/c1-30-19(27)8-13-11-25(18-10-23-9-17(21)20(13)18)12-15(6-7-26)24-31(28,29)16-4-2-14(22)3-5-16/h2-5,7,9-11,15,24H,6,8,12H2,1H3. The van der Waals surface area contributed by atoms with E-state index in [1.54, 1.807) is 10.8 Å². The van der Waals surface area contributed by atoms with Crippen molar-refractivity contribution in [2.45, 2.75) is 30.3 Å². The number of halogens is 2. The van der Waals surface area contributed by atoms with Crippen LogP contribution in [0.4, 0.5) is 4.39 Å². The van der Waals surface area contributed by atoms with Crippen molar-refractivity contribution in [3.63, 3.8) is 0 Å². The van der Waals surface area contributed by atoms with E-state index in [2.05, 4.69) is 9.71 Å². The number of nitrogens with one attached hydrogen (secondary N) is 1. The summed E-state index contributed by atoms with van der Waals surface area (Å²) in [6, 6.07) is 3.54. The van der Waals surface area contributed by atoms with Gasteiger partial charge in [-0.2, -0.15) is 0 Å². The number of hydrogen-bond donors (Lipinski definition) is 1. The van der Waals surface area contributed by atoms with Gasteiger partial charge in [-0.15, -0.1) is 0 Å². The molecule has 2 heterocycles. The lowest BCUT2D eigenvalue weighted by molar-refractivity contribution is -0.139. The van der Waals surface area contributed by atoms with Crippen molar-refractivity contribution >= 4 is 44.8 Å². The number of aldehydes is 1. The van der Waals surface area contributed by atoms with Crippen molar-refractivity contribution in [2.75, 3.05) is 7.11 Å². The van der Waals surface area contributed by atoms with Gasteiger partial charge in [-0.25, -0.2) is 17.5 Å². The smallest absolute Gasteiger partial charge is 0.310 e. The van der Waals surface area contributed by atoms with Crippen LogP contribution >= 0.6 is 11.6 Å². The Bertz CT molecular complexity index is 1210. The summed E-state index contributed by atoms with van der Waals surface area (Å²) in [6.45, 7) is 0.0683. The Hall–Kier alpha value is -2.82. The van der Waals surface area contributed by atoms with Gasteiger partial charge in [0, 0.05) is 36.8 Å². The molecule has 1 N–H and O–H groups in total. The fourth-order valence-corrected chi connectivity index (χ4v) is 4.72. The zero-order chi connectivity index (χ0) is 22.6. The number of aromatic nitrogens is 2. The number of nitrogens with zero attached hydrogens (tertiary/aromatic N) is 2. The lowest BCUT2D eigenvalue weighted by Crippen LogP contribution is -2.38. The SMILES string of the molecule is COC(=O)Cc1cn(CC(CC=O)NS(=O)(=O)c2ccc(F)cc2)c2cncc(Cl)c12. The highest BCUT2D eigenvalue weighted by molar-refractivity contribution is 7.89. The second-order valence-electron chi connectivity index (χ2n) is 6.75. The quantitative estimate of drug-likeness (QED) is 0.382. The Kier molecular flexibility index (Phi) is 7.04. The van der Waals surface area contributed by atoms with Crippen LogP contribution in [0, 0.1) is 5.82 Å². The zero-order valence-corrected chi connectivity index (χ0v) is 18.0. The maximum atomic E-state index is 13.1. The molecule has 0 aliphatic carbocycles. The summed E-state index contributed by atoms with van der Waals surface area (Å²) >= 11 is 6.27. The molecule has 164 valence electrons. The van der Waals surface area contributed by atoms with Gasteiger partial charge in [0.2, 0.25) is 10.0 Å². The molecule has 0 aliphatic rings. The molecule has 0 saturated carbocycles. The van der Waals surface area contributed by atoms with Crippen LogP contribution in [0.5, 0.6) is 0 Å². The van der Waals surface area contributed by atoms with Crippen LogP contribution in [0.1, 0.15) is 12.0 Å². The summed E-state index contributed by atoms with van der Waals surface area (Å²) in [5.74, 6) is -1.03. The predicted octanol–water partition coefficient (Wildman–Crippen LogP) is 2.48. The molecule has 0 fully saturated rings. The maximum Gasteiger partial charge on any atom is 0.310 e. The third-order valence-corrected chi connectivity index (χ3v) is 6.45. The summed E-state index contributed by atoms with van der Waals surface area (Å²) in [6.07, 6.45) is 5.08. The van der Waals surface area contributed by atoms with Gasteiger partial charge in [0.15, 0.2) is 0 Å². The van der Waals surface area contributed by atoms with Crippen LogP contribution in [0.25, 0.3) is 10.9 Å². The van der Waals surface area contributed by atoms with Crippen LogP contribution in [-0.4, -0.2) is 43.4 Å². The van der Waals surface area contributed by atoms with Gasteiger partial charge in [0.05, 0.1) is 35.2 Å². The number of carbonyl (C=O) groups excluding carboxylic acids is 2. The lowest BCUT2D eigenvalue weighted by Gasteiger charge is -2.18. The molecule has 0 radical (unpaired) electrons. The highest BCUT2D eigenvalue weighted by Gasteiger charge is 2.22. The molecule has 0 saturated heterocycles. The molecular formula is C20H19ClFN3O5S. The van der Waals surface area contributed by atoms with Crippen molar-refractivity contribution < 1.29 is 27.1 Å². The number of ether oxygens (including phenoxy) is 1. The normalized spacial score (nSPS) is 12.6. The van der Waals surface area contributed by atoms with Gasteiger partial charge in [-0.1, -0.05) is 11.6 Å². The molecule has 0 aliphatic heterocycles. The first kappa shape index (κ1) is 22.9. The second kappa shape index (κ2) is 9.54. The van der Waals surface area contributed by atoms with Crippen molar-refractivity contribution in [3.8, 4) is 0 Å². The van der Waals surface area contributed by atoms with Gasteiger partial charge in [0.25, 0.3) is 0 Å². The second-order valence-corrected chi connectivity index (χ2v) is 8.87. The van der Waals surface area contributed by atoms with Gasteiger partial charge >= 0.3 is 5.97 Å². The number of sulfonamides is 1. The number of fused-ring (bicyclic) bond motifs is 1. The summed E-state index contributed by atoms with van der Waals surface area (Å²) in [4.78, 5) is 26.9. The van der Waals surface area contributed by atoms with Crippen molar-refractivity contribution in [1.29, 1.82) is 0 Å². The first-order chi connectivity index (χ1) is 14.7. The first-order valence-corrected chi connectivity index (χ1v) is 11.0. The molecule has 1 unspecified atom stereocenters. The van der Waals surface area contributed by atoms with Crippen molar-refractivity contribution in [1.82, 2.24) is 14.3 Å². The molecule has 2 aromatic heterocycles. The van der Waals surface area contributed by atoms with E-state index in [1.807, 2.05) is 0 Å². The Morgan fingerprint density at radius 3 is 2.68 bits per heavy atom. The number of hydrogen-bond acceptors (Lipinski definition) is 6. The molecule has 31 heavy (non-hydrogen) atoms. The van der Waals surface area contributed by atoms with Crippen LogP contribution in [0.15, 0.2) is 47.8 Å². The summed E-state index contributed by atoms with van der Waals surface area (Å²) in [5, 5.41) is 0.919. The Balaban J connectivity index is 1.94. The van der Waals surface area contributed by atoms with E-state index in [0.717, 1.165) is 24.3 Å². The summed E-state index contributed by atoms with van der Waals surface area (Å²) in [5.41, 5.74) is 1.16. The molecular weight excluding hydrogens is 449 g/mol. The fraction of sp³-hybridized carbons (Fsp3) is 0.250. The molecule has 0 amide bonds. The highest BCUT2D eigenvalue weighted by atomic mass is 35.5.